The molecule has 0 aliphatic carbocycles. The number of hydrogen-bond acceptors (Lipinski definition) is 3. The first kappa shape index (κ1) is 15.8. The number of benzene rings is 1. The van der Waals surface area contributed by atoms with Gasteiger partial charge in [0, 0.05) is 30.5 Å². The van der Waals surface area contributed by atoms with E-state index in [0.29, 0.717) is 16.7 Å². The first-order valence-corrected chi connectivity index (χ1v) is 8.16. The van der Waals surface area contributed by atoms with E-state index in [9.17, 15) is 4.79 Å². The Bertz CT molecular complexity index is 638. The molecule has 0 atom stereocenters. The van der Waals surface area contributed by atoms with Crippen molar-refractivity contribution < 1.29 is 9.53 Å². The molecule has 5 heteroatoms. The van der Waals surface area contributed by atoms with Crippen LogP contribution in [0.15, 0.2) is 48.8 Å². The van der Waals surface area contributed by atoms with E-state index in [2.05, 4.69) is 17.1 Å². The molecule has 1 aliphatic heterocycles. The molecule has 0 bridgehead atoms. The Balaban J connectivity index is 1.47. The Morgan fingerprint density at radius 2 is 1.78 bits per heavy atom. The van der Waals surface area contributed by atoms with Crippen LogP contribution in [0.2, 0.25) is 5.02 Å². The topological polar surface area (TPSA) is 42.4 Å². The summed E-state index contributed by atoms with van der Waals surface area (Å²) in [5, 5.41) is 0.655. The second-order valence-corrected chi connectivity index (χ2v) is 6.11. The van der Waals surface area contributed by atoms with Crippen molar-refractivity contribution in [1.29, 1.82) is 0 Å². The number of pyridine rings is 1. The number of carbonyl (C=O) groups is 1. The SMILES string of the molecule is O=C(COc1ccc(Cl)cc1)N1CCC(c2ccncc2)CC1. The van der Waals surface area contributed by atoms with Crippen LogP contribution in [0.1, 0.15) is 24.3 Å². The summed E-state index contributed by atoms with van der Waals surface area (Å²) in [6.07, 6.45) is 5.62. The number of halogens is 1. The molecule has 1 amide bonds. The van der Waals surface area contributed by atoms with Crippen molar-refractivity contribution in [3.05, 3.63) is 59.4 Å². The molecule has 2 heterocycles. The predicted molar refractivity (Wildman–Crippen MR) is 89.7 cm³/mol. The summed E-state index contributed by atoms with van der Waals surface area (Å²) in [6, 6.07) is 11.2. The van der Waals surface area contributed by atoms with Crippen LogP contribution in [-0.4, -0.2) is 35.5 Å². The van der Waals surface area contributed by atoms with Gasteiger partial charge in [0.1, 0.15) is 5.75 Å². The number of likely N-dealkylation sites (tertiary alicyclic amines) is 1. The van der Waals surface area contributed by atoms with E-state index in [4.69, 9.17) is 16.3 Å². The largest absolute Gasteiger partial charge is 0.484 e. The fourth-order valence-corrected chi connectivity index (χ4v) is 2.99. The third-order valence-electron chi connectivity index (χ3n) is 4.20. The smallest absolute Gasteiger partial charge is 0.260 e. The van der Waals surface area contributed by atoms with Crippen molar-refractivity contribution >= 4 is 17.5 Å². The molecule has 0 N–H and O–H groups in total. The number of carbonyl (C=O) groups excluding carboxylic acids is 1. The molecular weight excluding hydrogens is 312 g/mol. The van der Waals surface area contributed by atoms with Crippen LogP contribution in [0, 0.1) is 0 Å². The average molecular weight is 331 g/mol. The summed E-state index contributed by atoms with van der Waals surface area (Å²) in [5.74, 6) is 1.21. The standard InChI is InChI=1S/C18H19ClN2O2/c19-16-1-3-17(4-2-16)23-13-18(22)21-11-7-15(8-12-21)14-5-9-20-10-6-14/h1-6,9-10,15H,7-8,11-13H2. The van der Waals surface area contributed by atoms with Gasteiger partial charge in [-0.1, -0.05) is 11.6 Å². The highest BCUT2D eigenvalue weighted by Crippen LogP contribution is 2.27. The van der Waals surface area contributed by atoms with Crippen LogP contribution in [0.25, 0.3) is 0 Å². The van der Waals surface area contributed by atoms with Crippen molar-refractivity contribution in [2.75, 3.05) is 19.7 Å². The second kappa shape index (κ2) is 7.47. The molecule has 1 saturated heterocycles. The number of aromatic nitrogens is 1. The van der Waals surface area contributed by atoms with Gasteiger partial charge in [-0.15, -0.1) is 0 Å². The van der Waals surface area contributed by atoms with Crippen LogP contribution in [0.3, 0.4) is 0 Å². The zero-order valence-corrected chi connectivity index (χ0v) is 13.6. The Labute approximate surface area is 141 Å². The van der Waals surface area contributed by atoms with Crippen molar-refractivity contribution in [2.24, 2.45) is 0 Å². The minimum Gasteiger partial charge on any atom is -0.484 e. The highest BCUT2D eigenvalue weighted by Gasteiger charge is 2.23. The monoisotopic (exact) mass is 330 g/mol. The summed E-state index contributed by atoms with van der Waals surface area (Å²) in [6.45, 7) is 1.62. The molecule has 1 fully saturated rings. The van der Waals surface area contributed by atoms with E-state index in [1.165, 1.54) is 5.56 Å². The maximum atomic E-state index is 12.2. The Kier molecular flexibility index (Phi) is 5.13. The lowest BCUT2D eigenvalue weighted by Gasteiger charge is -2.32. The number of amides is 1. The zero-order valence-electron chi connectivity index (χ0n) is 12.8. The summed E-state index contributed by atoms with van der Waals surface area (Å²) < 4.78 is 5.53. The maximum absolute atomic E-state index is 12.2. The Hall–Kier alpha value is -2.07. The van der Waals surface area contributed by atoms with Crippen LogP contribution in [0.4, 0.5) is 0 Å². The Morgan fingerprint density at radius 1 is 1.13 bits per heavy atom. The van der Waals surface area contributed by atoms with Gasteiger partial charge < -0.3 is 9.64 Å². The lowest BCUT2D eigenvalue weighted by molar-refractivity contribution is -0.134. The molecule has 1 aliphatic rings. The molecular formula is C18H19ClN2O2. The summed E-state index contributed by atoms with van der Waals surface area (Å²) in [5.41, 5.74) is 1.31. The third kappa shape index (κ3) is 4.23. The quantitative estimate of drug-likeness (QED) is 0.861. The first-order chi connectivity index (χ1) is 11.2. The van der Waals surface area contributed by atoms with Crippen LogP contribution in [-0.2, 0) is 4.79 Å². The molecule has 120 valence electrons. The number of nitrogens with zero attached hydrogens (tertiary/aromatic N) is 2. The van der Waals surface area contributed by atoms with Crippen molar-refractivity contribution in [2.45, 2.75) is 18.8 Å². The van der Waals surface area contributed by atoms with Crippen LogP contribution >= 0.6 is 11.6 Å². The molecule has 0 radical (unpaired) electrons. The fraction of sp³-hybridized carbons (Fsp3) is 0.333. The molecule has 23 heavy (non-hydrogen) atoms. The van der Waals surface area contributed by atoms with Gasteiger partial charge in [-0.2, -0.15) is 0 Å². The second-order valence-electron chi connectivity index (χ2n) is 5.68. The number of ether oxygens (including phenoxy) is 1. The normalized spacial score (nSPS) is 15.4. The van der Waals surface area contributed by atoms with Crippen LogP contribution in [0.5, 0.6) is 5.75 Å². The maximum Gasteiger partial charge on any atom is 0.260 e. The van der Waals surface area contributed by atoms with E-state index >= 15 is 0 Å². The highest BCUT2D eigenvalue weighted by atomic mass is 35.5. The predicted octanol–water partition coefficient (Wildman–Crippen LogP) is 3.52. The zero-order chi connectivity index (χ0) is 16.1. The van der Waals surface area contributed by atoms with Gasteiger partial charge in [0.15, 0.2) is 6.61 Å². The van der Waals surface area contributed by atoms with Crippen molar-refractivity contribution in [3.63, 3.8) is 0 Å². The summed E-state index contributed by atoms with van der Waals surface area (Å²) >= 11 is 5.83. The number of rotatable bonds is 4. The van der Waals surface area contributed by atoms with Gasteiger partial charge in [-0.05, 0) is 60.7 Å². The van der Waals surface area contributed by atoms with Gasteiger partial charge in [0.2, 0.25) is 0 Å². The third-order valence-corrected chi connectivity index (χ3v) is 4.45. The number of hydrogen-bond donors (Lipinski definition) is 0. The molecule has 2 aromatic rings. The van der Waals surface area contributed by atoms with Gasteiger partial charge >= 0.3 is 0 Å². The van der Waals surface area contributed by atoms with Crippen LogP contribution < -0.4 is 4.74 Å². The fourth-order valence-electron chi connectivity index (χ4n) is 2.87. The van der Waals surface area contributed by atoms with Crippen molar-refractivity contribution in [1.82, 2.24) is 9.88 Å². The van der Waals surface area contributed by atoms with Gasteiger partial charge in [-0.3, -0.25) is 9.78 Å². The van der Waals surface area contributed by atoms with Gasteiger partial charge in [0.25, 0.3) is 5.91 Å². The lowest BCUT2D eigenvalue weighted by Crippen LogP contribution is -2.40. The minimum atomic E-state index is 0.0353. The summed E-state index contributed by atoms with van der Waals surface area (Å²) in [7, 11) is 0. The molecule has 0 unspecified atom stereocenters. The van der Waals surface area contributed by atoms with E-state index in [-0.39, 0.29) is 12.5 Å². The van der Waals surface area contributed by atoms with E-state index < -0.39 is 0 Å². The minimum absolute atomic E-state index is 0.0353. The van der Waals surface area contributed by atoms with E-state index in [1.54, 1.807) is 24.3 Å². The molecule has 1 aromatic carbocycles. The molecule has 1 aromatic heterocycles. The van der Waals surface area contributed by atoms with E-state index in [0.717, 1.165) is 25.9 Å². The molecule has 0 spiro atoms. The van der Waals surface area contributed by atoms with E-state index in [1.807, 2.05) is 17.3 Å². The molecule has 0 saturated carbocycles. The van der Waals surface area contributed by atoms with Crippen molar-refractivity contribution in [3.8, 4) is 5.75 Å². The first-order valence-electron chi connectivity index (χ1n) is 7.78. The Morgan fingerprint density at radius 3 is 2.43 bits per heavy atom. The highest BCUT2D eigenvalue weighted by molar-refractivity contribution is 6.30. The number of piperidine rings is 1. The molecule has 4 nitrogen and oxygen atoms in total. The summed E-state index contributed by atoms with van der Waals surface area (Å²) in [4.78, 5) is 18.2. The lowest BCUT2D eigenvalue weighted by atomic mass is 9.90. The van der Waals surface area contributed by atoms with Gasteiger partial charge in [-0.25, -0.2) is 0 Å². The van der Waals surface area contributed by atoms with Gasteiger partial charge in [0.05, 0.1) is 0 Å². The average Bonchev–Trinajstić information content (AvgIpc) is 2.62. The molecule has 3 rings (SSSR count).